The van der Waals surface area contributed by atoms with E-state index >= 15 is 0 Å². The third kappa shape index (κ3) is 3.89. The van der Waals surface area contributed by atoms with Crippen molar-refractivity contribution in [1.82, 2.24) is 0 Å². The summed E-state index contributed by atoms with van der Waals surface area (Å²) in [5, 5.41) is 12.8. The van der Waals surface area contributed by atoms with E-state index in [2.05, 4.69) is 5.32 Å². The number of halogens is 1. The minimum absolute atomic E-state index is 0.0430. The summed E-state index contributed by atoms with van der Waals surface area (Å²) in [5.41, 5.74) is 0.650. The first-order valence-electron chi connectivity index (χ1n) is 6.53. The molecular weight excluding hydrogens is 290 g/mol. The first-order valence-corrected chi connectivity index (χ1v) is 6.90. The molecule has 0 spiro atoms. The molecule has 2 N–H and O–H groups in total. The van der Waals surface area contributed by atoms with Crippen LogP contribution in [0.25, 0.3) is 0 Å². The summed E-state index contributed by atoms with van der Waals surface area (Å²) < 4.78 is 5.61. The average Bonchev–Trinajstić information content (AvgIpc) is 2.42. The predicted octanol–water partition coefficient (Wildman–Crippen LogP) is 4.09. The second-order valence-corrected chi connectivity index (χ2v) is 5.21. The Morgan fingerprint density at radius 2 is 1.95 bits per heavy atom. The Labute approximate surface area is 128 Å². The van der Waals surface area contributed by atoms with E-state index in [1.54, 1.807) is 30.3 Å². The second kappa shape index (κ2) is 6.50. The van der Waals surface area contributed by atoms with Crippen molar-refractivity contribution in [2.75, 3.05) is 5.32 Å². The lowest BCUT2D eigenvalue weighted by Crippen LogP contribution is -2.15. The number of phenols is 1. The van der Waals surface area contributed by atoms with E-state index in [0.717, 1.165) is 0 Å². The van der Waals surface area contributed by atoms with E-state index in [-0.39, 0.29) is 23.4 Å². The molecular formula is C16H16ClNO3. The van der Waals surface area contributed by atoms with Gasteiger partial charge in [-0.2, -0.15) is 0 Å². The summed E-state index contributed by atoms with van der Waals surface area (Å²) in [4.78, 5) is 12.3. The van der Waals surface area contributed by atoms with Crippen LogP contribution in [-0.4, -0.2) is 17.1 Å². The van der Waals surface area contributed by atoms with Crippen LogP contribution in [0.2, 0.25) is 5.02 Å². The molecule has 0 saturated heterocycles. The highest BCUT2D eigenvalue weighted by Crippen LogP contribution is 2.28. The highest BCUT2D eigenvalue weighted by atomic mass is 35.5. The van der Waals surface area contributed by atoms with Gasteiger partial charge in [-0.15, -0.1) is 0 Å². The van der Waals surface area contributed by atoms with Gasteiger partial charge in [0, 0.05) is 5.02 Å². The summed E-state index contributed by atoms with van der Waals surface area (Å²) in [6, 6.07) is 11.4. The van der Waals surface area contributed by atoms with Crippen LogP contribution in [-0.2, 0) is 0 Å². The van der Waals surface area contributed by atoms with Gasteiger partial charge in [0.25, 0.3) is 5.91 Å². The fourth-order valence-electron chi connectivity index (χ4n) is 1.81. The summed E-state index contributed by atoms with van der Waals surface area (Å²) in [6.07, 6.45) is -0.0430. The zero-order valence-corrected chi connectivity index (χ0v) is 12.5. The van der Waals surface area contributed by atoms with Crippen LogP contribution < -0.4 is 10.1 Å². The Morgan fingerprint density at radius 3 is 2.67 bits per heavy atom. The van der Waals surface area contributed by atoms with Crippen LogP contribution >= 0.6 is 11.6 Å². The largest absolute Gasteiger partial charge is 0.506 e. The maximum atomic E-state index is 12.3. The van der Waals surface area contributed by atoms with Crippen molar-refractivity contribution >= 4 is 23.2 Å². The number of aromatic hydroxyl groups is 1. The molecule has 0 atom stereocenters. The number of phenolic OH excluding ortho intramolecular Hbond substituents is 1. The predicted molar refractivity (Wildman–Crippen MR) is 83.3 cm³/mol. The fraction of sp³-hybridized carbons (Fsp3) is 0.188. The molecule has 0 bridgehead atoms. The van der Waals surface area contributed by atoms with Gasteiger partial charge in [-0.05, 0) is 44.2 Å². The lowest BCUT2D eigenvalue weighted by atomic mass is 10.1. The van der Waals surface area contributed by atoms with Crippen molar-refractivity contribution in [3.8, 4) is 11.5 Å². The number of anilines is 1. The minimum atomic E-state index is -0.371. The zero-order chi connectivity index (χ0) is 15.4. The molecule has 0 fully saturated rings. The number of carbonyl (C=O) groups excluding carboxylic acids is 1. The zero-order valence-electron chi connectivity index (χ0n) is 11.8. The monoisotopic (exact) mass is 305 g/mol. The molecule has 0 heterocycles. The fourth-order valence-corrected chi connectivity index (χ4v) is 1.98. The normalized spacial score (nSPS) is 10.5. The SMILES string of the molecule is CC(C)Oc1ccccc1C(=O)Nc1cc(Cl)ccc1O. The summed E-state index contributed by atoms with van der Waals surface area (Å²) >= 11 is 5.86. The second-order valence-electron chi connectivity index (χ2n) is 4.78. The number of hydrogen-bond donors (Lipinski definition) is 2. The first-order chi connectivity index (χ1) is 9.97. The van der Waals surface area contributed by atoms with Crippen LogP contribution in [0.1, 0.15) is 24.2 Å². The number of benzene rings is 2. The van der Waals surface area contributed by atoms with Crippen LogP contribution in [0.5, 0.6) is 11.5 Å². The van der Waals surface area contributed by atoms with Gasteiger partial charge in [0.2, 0.25) is 0 Å². The lowest BCUT2D eigenvalue weighted by molar-refractivity contribution is 0.102. The van der Waals surface area contributed by atoms with E-state index in [1.807, 2.05) is 13.8 Å². The maximum Gasteiger partial charge on any atom is 0.259 e. The lowest BCUT2D eigenvalue weighted by Gasteiger charge is -2.14. The van der Waals surface area contributed by atoms with Gasteiger partial charge in [0.05, 0.1) is 17.4 Å². The first kappa shape index (κ1) is 15.2. The Hall–Kier alpha value is -2.20. The smallest absolute Gasteiger partial charge is 0.259 e. The van der Waals surface area contributed by atoms with E-state index < -0.39 is 0 Å². The number of nitrogens with one attached hydrogen (secondary N) is 1. The number of rotatable bonds is 4. The molecule has 0 radical (unpaired) electrons. The van der Waals surface area contributed by atoms with Crippen molar-refractivity contribution in [2.45, 2.75) is 20.0 Å². The Bertz CT molecular complexity index is 656. The quantitative estimate of drug-likeness (QED) is 0.837. The van der Waals surface area contributed by atoms with E-state index in [4.69, 9.17) is 16.3 Å². The summed E-state index contributed by atoms with van der Waals surface area (Å²) in [6.45, 7) is 3.77. The van der Waals surface area contributed by atoms with E-state index in [9.17, 15) is 9.90 Å². The molecule has 0 saturated carbocycles. The topological polar surface area (TPSA) is 58.6 Å². The van der Waals surface area contributed by atoms with Crippen LogP contribution in [0.4, 0.5) is 5.69 Å². The molecule has 5 heteroatoms. The number of hydrogen-bond acceptors (Lipinski definition) is 3. The van der Waals surface area contributed by atoms with E-state index in [0.29, 0.717) is 16.3 Å². The van der Waals surface area contributed by atoms with Gasteiger partial charge in [0.1, 0.15) is 11.5 Å². The minimum Gasteiger partial charge on any atom is -0.506 e. The van der Waals surface area contributed by atoms with Gasteiger partial charge < -0.3 is 15.2 Å². The van der Waals surface area contributed by atoms with Gasteiger partial charge >= 0.3 is 0 Å². The van der Waals surface area contributed by atoms with Gasteiger partial charge in [-0.3, -0.25) is 4.79 Å². The standard InChI is InChI=1S/C16H16ClNO3/c1-10(2)21-15-6-4-3-5-12(15)16(20)18-13-9-11(17)7-8-14(13)19/h3-10,19H,1-2H3,(H,18,20). The van der Waals surface area contributed by atoms with Crippen LogP contribution in [0, 0.1) is 0 Å². The maximum absolute atomic E-state index is 12.3. The molecule has 21 heavy (non-hydrogen) atoms. The van der Waals surface area contributed by atoms with Crippen molar-refractivity contribution in [3.63, 3.8) is 0 Å². The molecule has 0 unspecified atom stereocenters. The van der Waals surface area contributed by atoms with Gasteiger partial charge in [0.15, 0.2) is 0 Å². The Morgan fingerprint density at radius 1 is 1.24 bits per heavy atom. The molecule has 0 aliphatic rings. The summed E-state index contributed by atoms with van der Waals surface area (Å²) in [7, 11) is 0. The van der Waals surface area contributed by atoms with Gasteiger partial charge in [-0.1, -0.05) is 23.7 Å². The van der Waals surface area contributed by atoms with E-state index in [1.165, 1.54) is 12.1 Å². The third-order valence-corrected chi connectivity index (χ3v) is 2.94. The third-order valence-electron chi connectivity index (χ3n) is 2.70. The Balaban J connectivity index is 2.26. The highest BCUT2D eigenvalue weighted by Gasteiger charge is 2.15. The van der Waals surface area contributed by atoms with Crippen molar-refractivity contribution < 1.29 is 14.6 Å². The highest BCUT2D eigenvalue weighted by molar-refractivity contribution is 6.31. The number of para-hydroxylation sites is 1. The van der Waals surface area contributed by atoms with Crippen molar-refractivity contribution in [1.29, 1.82) is 0 Å². The van der Waals surface area contributed by atoms with Crippen LogP contribution in [0.15, 0.2) is 42.5 Å². The molecule has 4 nitrogen and oxygen atoms in total. The molecule has 110 valence electrons. The van der Waals surface area contributed by atoms with Gasteiger partial charge in [-0.25, -0.2) is 0 Å². The molecule has 2 aromatic carbocycles. The number of ether oxygens (including phenoxy) is 1. The molecule has 2 aromatic rings. The molecule has 0 aromatic heterocycles. The Kier molecular flexibility index (Phi) is 4.70. The molecule has 0 aliphatic heterocycles. The average molecular weight is 306 g/mol. The van der Waals surface area contributed by atoms with Crippen molar-refractivity contribution in [3.05, 3.63) is 53.1 Å². The van der Waals surface area contributed by atoms with Crippen molar-refractivity contribution in [2.24, 2.45) is 0 Å². The number of carbonyl (C=O) groups is 1. The molecule has 0 aliphatic carbocycles. The summed E-state index contributed by atoms with van der Waals surface area (Å²) in [5.74, 6) is 0.0744. The molecule has 2 rings (SSSR count). The van der Waals surface area contributed by atoms with Crippen LogP contribution in [0.3, 0.4) is 0 Å². The number of amides is 1. The molecule has 1 amide bonds.